The van der Waals surface area contributed by atoms with Gasteiger partial charge in [-0.15, -0.1) is 0 Å². The zero-order valence-electron chi connectivity index (χ0n) is 10.4. The highest BCUT2D eigenvalue weighted by Gasteiger charge is 2.17. The summed E-state index contributed by atoms with van der Waals surface area (Å²) in [7, 11) is 0. The summed E-state index contributed by atoms with van der Waals surface area (Å²) in [5, 5.41) is 3.27. The Morgan fingerprint density at radius 3 is 2.70 bits per heavy atom. The van der Waals surface area contributed by atoms with Crippen molar-refractivity contribution in [2.75, 3.05) is 5.32 Å². The molecule has 2 aromatic carbocycles. The molecular formula is C15H12BrClFNO. The zero-order chi connectivity index (χ0) is 14.5. The fourth-order valence-corrected chi connectivity index (χ4v) is 2.39. The van der Waals surface area contributed by atoms with Crippen LogP contribution in [0.2, 0.25) is 5.02 Å². The summed E-state index contributed by atoms with van der Waals surface area (Å²) in [6.07, 6.45) is 0.277. The molecule has 5 heteroatoms. The van der Waals surface area contributed by atoms with E-state index in [2.05, 4.69) is 21.2 Å². The maximum absolute atomic E-state index is 13.5. The number of benzene rings is 2. The van der Waals surface area contributed by atoms with Gasteiger partial charge >= 0.3 is 0 Å². The van der Waals surface area contributed by atoms with Crippen molar-refractivity contribution in [2.45, 2.75) is 11.2 Å². The molecule has 1 N–H and O–H groups in total. The third kappa shape index (κ3) is 4.05. The van der Waals surface area contributed by atoms with Gasteiger partial charge in [0, 0.05) is 10.7 Å². The van der Waals surface area contributed by atoms with Crippen LogP contribution in [0.15, 0.2) is 48.5 Å². The number of hydrogen-bond donors (Lipinski definition) is 1. The van der Waals surface area contributed by atoms with Crippen molar-refractivity contribution >= 4 is 39.1 Å². The van der Waals surface area contributed by atoms with E-state index in [4.69, 9.17) is 11.6 Å². The second-order valence-electron chi connectivity index (χ2n) is 4.26. The van der Waals surface area contributed by atoms with E-state index in [9.17, 15) is 9.18 Å². The quantitative estimate of drug-likeness (QED) is 0.807. The number of hydrogen-bond acceptors (Lipinski definition) is 1. The molecule has 0 fully saturated rings. The average molecular weight is 357 g/mol. The van der Waals surface area contributed by atoms with Gasteiger partial charge < -0.3 is 5.32 Å². The van der Waals surface area contributed by atoms with Crippen LogP contribution in [0.3, 0.4) is 0 Å². The first-order chi connectivity index (χ1) is 9.56. The summed E-state index contributed by atoms with van der Waals surface area (Å²) < 4.78 is 13.5. The molecule has 1 unspecified atom stereocenters. The van der Waals surface area contributed by atoms with Gasteiger partial charge in [0.2, 0.25) is 5.91 Å². The van der Waals surface area contributed by atoms with E-state index in [0.717, 1.165) is 0 Å². The number of carbonyl (C=O) groups is 1. The van der Waals surface area contributed by atoms with Crippen LogP contribution in [0.1, 0.15) is 5.56 Å². The van der Waals surface area contributed by atoms with Crippen LogP contribution in [-0.2, 0) is 11.2 Å². The van der Waals surface area contributed by atoms with Crippen molar-refractivity contribution in [2.24, 2.45) is 0 Å². The summed E-state index contributed by atoms with van der Waals surface area (Å²) in [4.78, 5) is 11.5. The fourth-order valence-electron chi connectivity index (χ4n) is 1.74. The fraction of sp³-hybridized carbons (Fsp3) is 0.133. The minimum atomic E-state index is -0.515. The van der Waals surface area contributed by atoms with E-state index in [1.165, 1.54) is 6.07 Å². The highest BCUT2D eigenvalue weighted by Crippen LogP contribution is 2.18. The topological polar surface area (TPSA) is 29.1 Å². The maximum Gasteiger partial charge on any atom is 0.238 e. The molecule has 0 spiro atoms. The zero-order valence-corrected chi connectivity index (χ0v) is 12.8. The molecule has 104 valence electrons. The molecule has 0 aliphatic rings. The monoisotopic (exact) mass is 355 g/mol. The lowest BCUT2D eigenvalue weighted by atomic mass is 10.1. The first kappa shape index (κ1) is 15.0. The Balaban J connectivity index is 2.01. The molecule has 2 nitrogen and oxygen atoms in total. The van der Waals surface area contributed by atoms with Crippen LogP contribution in [-0.4, -0.2) is 10.7 Å². The summed E-state index contributed by atoms with van der Waals surface area (Å²) in [5.41, 5.74) is 1.11. The minimum absolute atomic E-state index is 0.240. The number of halogens is 3. The summed E-state index contributed by atoms with van der Waals surface area (Å²) in [6, 6.07) is 13.3. The van der Waals surface area contributed by atoms with Crippen molar-refractivity contribution in [1.82, 2.24) is 0 Å². The summed E-state index contributed by atoms with van der Waals surface area (Å²) >= 11 is 9.12. The molecule has 0 aromatic heterocycles. The molecule has 0 saturated carbocycles. The van der Waals surface area contributed by atoms with Crippen LogP contribution in [0.4, 0.5) is 10.1 Å². The molecule has 1 atom stereocenters. The first-order valence-electron chi connectivity index (χ1n) is 6.00. The van der Waals surface area contributed by atoms with Crippen LogP contribution >= 0.6 is 27.5 Å². The molecule has 0 saturated heterocycles. The van der Waals surface area contributed by atoms with E-state index in [0.29, 0.717) is 16.3 Å². The predicted molar refractivity (Wildman–Crippen MR) is 82.9 cm³/mol. The normalized spacial score (nSPS) is 11.9. The lowest BCUT2D eigenvalue weighted by molar-refractivity contribution is -0.115. The van der Waals surface area contributed by atoms with Crippen LogP contribution < -0.4 is 5.32 Å². The number of nitrogens with one attached hydrogen (secondary N) is 1. The molecule has 20 heavy (non-hydrogen) atoms. The Hall–Kier alpha value is -1.39. The molecular weight excluding hydrogens is 345 g/mol. The molecule has 0 aliphatic carbocycles. The SMILES string of the molecule is O=C(Nc1cccc(Cl)c1)C(Br)Cc1ccccc1F. The number of carbonyl (C=O) groups excluding carboxylic acids is 1. The third-order valence-corrected chi connectivity index (χ3v) is 3.71. The van der Waals surface area contributed by atoms with E-state index in [1.807, 2.05) is 0 Å². The number of rotatable bonds is 4. The van der Waals surface area contributed by atoms with Crippen molar-refractivity contribution in [3.8, 4) is 0 Å². The van der Waals surface area contributed by atoms with Crippen LogP contribution in [0, 0.1) is 5.82 Å². The molecule has 0 radical (unpaired) electrons. The van der Waals surface area contributed by atoms with Gasteiger partial charge in [-0.3, -0.25) is 4.79 Å². The largest absolute Gasteiger partial charge is 0.325 e. The van der Waals surface area contributed by atoms with E-state index in [1.54, 1.807) is 42.5 Å². The van der Waals surface area contributed by atoms with E-state index >= 15 is 0 Å². The van der Waals surface area contributed by atoms with Gasteiger partial charge in [-0.25, -0.2) is 4.39 Å². The standard InChI is InChI=1S/C15H12BrClFNO/c16-13(8-10-4-1-2-7-14(10)18)15(20)19-12-6-3-5-11(17)9-12/h1-7,9,13H,8H2,(H,19,20). The van der Waals surface area contributed by atoms with Gasteiger partial charge in [0.15, 0.2) is 0 Å². The third-order valence-electron chi connectivity index (χ3n) is 2.73. The van der Waals surface area contributed by atoms with Crippen molar-refractivity contribution < 1.29 is 9.18 Å². The second-order valence-corrected chi connectivity index (χ2v) is 5.80. The van der Waals surface area contributed by atoms with Gasteiger partial charge in [0.05, 0.1) is 4.83 Å². The van der Waals surface area contributed by atoms with Crippen molar-refractivity contribution in [1.29, 1.82) is 0 Å². The minimum Gasteiger partial charge on any atom is -0.325 e. The lowest BCUT2D eigenvalue weighted by Gasteiger charge is -2.11. The first-order valence-corrected chi connectivity index (χ1v) is 7.29. The van der Waals surface area contributed by atoms with Gasteiger partial charge in [0.25, 0.3) is 0 Å². The van der Waals surface area contributed by atoms with Gasteiger partial charge in [-0.1, -0.05) is 51.8 Å². The summed E-state index contributed by atoms with van der Waals surface area (Å²) in [6.45, 7) is 0. The smallest absolute Gasteiger partial charge is 0.238 e. The average Bonchev–Trinajstić information content (AvgIpc) is 2.41. The number of amides is 1. The summed E-state index contributed by atoms with van der Waals surface area (Å²) in [5.74, 6) is -0.553. The van der Waals surface area contributed by atoms with E-state index in [-0.39, 0.29) is 18.1 Å². The van der Waals surface area contributed by atoms with Crippen molar-refractivity contribution in [3.63, 3.8) is 0 Å². The van der Waals surface area contributed by atoms with Crippen LogP contribution in [0.25, 0.3) is 0 Å². The Bertz CT molecular complexity index is 620. The lowest BCUT2D eigenvalue weighted by Crippen LogP contribution is -2.25. The molecule has 2 rings (SSSR count). The second kappa shape index (κ2) is 6.86. The predicted octanol–water partition coefficient (Wildman–Crippen LogP) is 4.42. The highest BCUT2D eigenvalue weighted by atomic mass is 79.9. The van der Waals surface area contributed by atoms with Crippen molar-refractivity contribution in [3.05, 3.63) is 64.9 Å². The number of anilines is 1. The van der Waals surface area contributed by atoms with Crippen LogP contribution in [0.5, 0.6) is 0 Å². The Morgan fingerprint density at radius 2 is 2.00 bits per heavy atom. The Morgan fingerprint density at radius 1 is 1.25 bits per heavy atom. The van der Waals surface area contributed by atoms with Gasteiger partial charge in [0.1, 0.15) is 5.82 Å². The van der Waals surface area contributed by atoms with Gasteiger partial charge in [-0.2, -0.15) is 0 Å². The van der Waals surface area contributed by atoms with E-state index < -0.39 is 4.83 Å². The molecule has 1 amide bonds. The molecule has 2 aromatic rings. The maximum atomic E-state index is 13.5. The number of alkyl halides is 1. The molecule has 0 aliphatic heterocycles. The Labute approximate surface area is 130 Å². The Kier molecular flexibility index (Phi) is 5.15. The molecule has 0 bridgehead atoms. The molecule has 0 heterocycles. The highest BCUT2D eigenvalue weighted by molar-refractivity contribution is 9.10. The van der Waals surface area contributed by atoms with Gasteiger partial charge in [-0.05, 0) is 36.2 Å².